The molecule has 0 radical (unpaired) electrons. The van der Waals surface area contributed by atoms with Crippen LogP contribution in [0, 0.1) is 6.92 Å². The fourth-order valence-corrected chi connectivity index (χ4v) is 3.18. The van der Waals surface area contributed by atoms with Gasteiger partial charge in [-0.1, -0.05) is 6.07 Å². The zero-order valence-corrected chi connectivity index (χ0v) is 12.9. The van der Waals surface area contributed by atoms with Crippen LogP contribution in [0.3, 0.4) is 0 Å². The number of para-hydroxylation sites is 1. The molecule has 7 heteroatoms. The molecule has 2 heterocycles. The maximum absolute atomic E-state index is 12.7. The highest BCUT2D eigenvalue weighted by atomic mass is 79.9. The van der Waals surface area contributed by atoms with E-state index in [1.54, 1.807) is 19.1 Å². The molecule has 2 aromatic rings. The lowest BCUT2D eigenvalue weighted by atomic mass is 10.0. The number of aryl methyl sites for hydroxylation is 1. The van der Waals surface area contributed by atoms with Crippen LogP contribution in [0.2, 0.25) is 0 Å². The molecule has 2 atom stereocenters. The molecule has 0 bridgehead atoms. The van der Waals surface area contributed by atoms with E-state index in [1.807, 2.05) is 6.07 Å². The summed E-state index contributed by atoms with van der Waals surface area (Å²) in [5.74, 6) is 0.306. The van der Waals surface area contributed by atoms with Crippen molar-refractivity contribution in [2.45, 2.75) is 32.0 Å². The molecule has 110 valence electrons. The number of halogens is 1. The van der Waals surface area contributed by atoms with Crippen LogP contribution in [-0.4, -0.2) is 26.8 Å². The lowest BCUT2D eigenvalue weighted by Crippen LogP contribution is -2.48. The minimum atomic E-state index is -1.07. The van der Waals surface area contributed by atoms with Gasteiger partial charge >= 0.3 is 0 Å². The van der Waals surface area contributed by atoms with Crippen molar-refractivity contribution in [1.82, 2.24) is 14.9 Å². The topological polar surface area (TPSA) is 84.2 Å². The summed E-state index contributed by atoms with van der Waals surface area (Å²) in [4.78, 5) is 28.5. The Labute approximate surface area is 128 Å². The summed E-state index contributed by atoms with van der Waals surface area (Å²) in [6.07, 6.45) is -0.381. The molecule has 1 aliphatic heterocycles. The molecule has 6 nitrogen and oxygen atoms in total. The van der Waals surface area contributed by atoms with E-state index < -0.39 is 12.3 Å². The van der Waals surface area contributed by atoms with Crippen LogP contribution in [0.5, 0.6) is 0 Å². The van der Waals surface area contributed by atoms with Crippen molar-refractivity contribution in [3.63, 3.8) is 0 Å². The number of carbonyl (C=O) groups is 1. The van der Waals surface area contributed by atoms with Gasteiger partial charge in [0, 0.05) is 10.9 Å². The van der Waals surface area contributed by atoms with Gasteiger partial charge in [0.2, 0.25) is 5.91 Å². The van der Waals surface area contributed by atoms with Gasteiger partial charge in [-0.25, -0.2) is 4.98 Å². The highest BCUT2D eigenvalue weighted by Gasteiger charge is 2.30. The number of aliphatic hydroxyl groups excluding tert-OH is 1. The Morgan fingerprint density at radius 2 is 2.19 bits per heavy atom. The molecule has 1 aromatic carbocycles. The van der Waals surface area contributed by atoms with Gasteiger partial charge in [0.1, 0.15) is 12.1 Å². The third-order valence-electron chi connectivity index (χ3n) is 3.73. The minimum Gasteiger partial charge on any atom is -0.372 e. The highest BCUT2D eigenvalue weighted by molar-refractivity contribution is 9.10. The van der Waals surface area contributed by atoms with Crippen LogP contribution in [0.1, 0.15) is 24.7 Å². The van der Waals surface area contributed by atoms with E-state index in [2.05, 4.69) is 26.2 Å². The van der Waals surface area contributed by atoms with Gasteiger partial charge < -0.3 is 10.4 Å². The molecule has 2 N–H and O–H groups in total. The van der Waals surface area contributed by atoms with Crippen molar-refractivity contribution in [3.8, 4) is 0 Å². The lowest BCUT2D eigenvalue weighted by Gasteiger charge is -2.30. The molecule has 1 aliphatic rings. The van der Waals surface area contributed by atoms with Crippen LogP contribution in [-0.2, 0) is 4.79 Å². The first-order valence-electron chi connectivity index (χ1n) is 6.64. The van der Waals surface area contributed by atoms with E-state index in [9.17, 15) is 14.7 Å². The predicted molar refractivity (Wildman–Crippen MR) is 80.9 cm³/mol. The average molecular weight is 352 g/mol. The third kappa shape index (κ3) is 2.36. The van der Waals surface area contributed by atoms with Crippen LogP contribution in [0.25, 0.3) is 10.9 Å². The second-order valence-electron chi connectivity index (χ2n) is 5.09. The van der Waals surface area contributed by atoms with Gasteiger partial charge in [-0.3, -0.25) is 14.2 Å². The number of nitrogens with zero attached hydrogens (tertiary/aromatic N) is 2. The number of nitrogens with one attached hydrogen (secondary N) is 1. The number of aromatic nitrogens is 2. The number of benzene rings is 1. The van der Waals surface area contributed by atoms with Crippen molar-refractivity contribution in [3.05, 3.63) is 38.9 Å². The molecule has 2 unspecified atom stereocenters. The zero-order valence-electron chi connectivity index (χ0n) is 11.3. The number of hydrogen-bond acceptors (Lipinski definition) is 4. The summed E-state index contributed by atoms with van der Waals surface area (Å²) in [7, 11) is 0. The molecule has 1 aromatic heterocycles. The average Bonchev–Trinajstić information content (AvgIpc) is 2.42. The first kappa shape index (κ1) is 14.2. The molecule has 1 amide bonds. The van der Waals surface area contributed by atoms with Gasteiger partial charge in [-0.2, -0.15) is 0 Å². The number of rotatable bonds is 1. The van der Waals surface area contributed by atoms with Crippen LogP contribution in [0.4, 0.5) is 0 Å². The van der Waals surface area contributed by atoms with Crippen molar-refractivity contribution >= 4 is 32.7 Å². The second kappa shape index (κ2) is 5.23. The largest absolute Gasteiger partial charge is 0.372 e. The fourth-order valence-electron chi connectivity index (χ4n) is 2.72. The minimum absolute atomic E-state index is 0.207. The highest BCUT2D eigenvalue weighted by Crippen LogP contribution is 2.24. The Morgan fingerprint density at radius 1 is 1.43 bits per heavy atom. The first-order valence-corrected chi connectivity index (χ1v) is 7.43. The molecular weight excluding hydrogens is 338 g/mol. The smallest absolute Gasteiger partial charge is 0.261 e. The van der Waals surface area contributed by atoms with Crippen molar-refractivity contribution in [1.29, 1.82) is 0 Å². The van der Waals surface area contributed by atoms with Crippen LogP contribution < -0.4 is 10.9 Å². The fraction of sp³-hybridized carbons (Fsp3) is 0.357. The summed E-state index contributed by atoms with van der Waals surface area (Å²) in [5.41, 5.74) is 0.393. The molecular formula is C14H14BrN3O3. The van der Waals surface area contributed by atoms with E-state index in [0.29, 0.717) is 23.1 Å². The standard InChI is InChI=1S/C14H14BrN3O3/c1-7-16-12-8(3-2-4-9(12)15)14(21)18(7)10-5-6-11(19)17-13(10)20/h2-4,10,13,20H,5-6H2,1H3,(H,17,19). The Morgan fingerprint density at radius 3 is 2.90 bits per heavy atom. The number of aliphatic hydroxyl groups is 1. The molecule has 1 saturated heterocycles. The quantitative estimate of drug-likeness (QED) is 0.809. The Bertz CT molecular complexity index is 787. The van der Waals surface area contributed by atoms with Gasteiger partial charge in [0.05, 0.1) is 16.9 Å². The third-order valence-corrected chi connectivity index (χ3v) is 4.37. The van der Waals surface area contributed by atoms with E-state index in [-0.39, 0.29) is 17.9 Å². The second-order valence-corrected chi connectivity index (χ2v) is 5.94. The maximum atomic E-state index is 12.7. The Kier molecular flexibility index (Phi) is 3.54. The summed E-state index contributed by atoms with van der Waals surface area (Å²) in [6, 6.07) is 4.81. The maximum Gasteiger partial charge on any atom is 0.261 e. The number of hydrogen-bond donors (Lipinski definition) is 2. The Balaban J connectivity index is 2.20. The number of carbonyl (C=O) groups excluding carboxylic acids is 1. The van der Waals surface area contributed by atoms with Gasteiger partial charge in [-0.05, 0) is 41.4 Å². The van der Waals surface area contributed by atoms with Crippen molar-refractivity contribution < 1.29 is 9.90 Å². The summed E-state index contributed by atoms with van der Waals surface area (Å²) >= 11 is 3.39. The number of piperidine rings is 1. The Hall–Kier alpha value is -1.73. The van der Waals surface area contributed by atoms with E-state index in [1.165, 1.54) is 4.57 Å². The van der Waals surface area contributed by atoms with E-state index in [4.69, 9.17) is 0 Å². The molecule has 0 spiro atoms. The molecule has 21 heavy (non-hydrogen) atoms. The van der Waals surface area contributed by atoms with Crippen molar-refractivity contribution in [2.24, 2.45) is 0 Å². The van der Waals surface area contributed by atoms with E-state index >= 15 is 0 Å². The van der Waals surface area contributed by atoms with Crippen molar-refractivity contribution in [2.75, 3.05) is 0 Å². The first-order chi connectivity index (χ1) is 9.99. The lowest BCUT2D eigenvalue weighted by molar-refractivity contribution is -0.128. The van der Waals surface area contributed by atoms with E-state index in [0.717, 1.165) is 4.47 Å². The summed E-state index contributed by atoms with van der Waals surface area (Å²) in [5, 5.41) is 13.0. The normalized spacial score (nSPS) is 22.3. The number of amides is 1. The molecule has 0 saturated carbocycles. The number of fused-ring (bicyclic) bond motifs is 1. The zero-order chi connectivity index (χ0) is 15.1. The molecule has 3 rings (SSSR count). The predicted octanol–water partition coefficient (Wildman–Crippen LogP) is 1.24. The van der Waals surface area contributed by atoms with Crippen LogP contribution >= 0.6 is 15.9 Å². The van der Waals surface area contributed by atoms with Gasteiger partial charge in [0.15, 0.2) is 0 Å². The van der Waals surface area contributed by atoms with Gasteiger partial charge in [-0.15, -0.1) is 0 Å². The van der Waals surface area contributed by atoms with Gasteiger partial charge in [0.25, 0.3) is 5.56 Å². The molecule has 0 aliphatic carbocycles. The SMILES string of the molecule is Cc1nc2c(Br)cccc2c(=O)n1C1CCC(=O)NC1O. The van der Waals surface area contributed by atoms with Crippen LogP contribution in [0.15, 0.2) is 27.5 Å². The monoisotopic (exact) mass is 351 g/mol. The summed E-state index contributed by atoms with van der Waals surface area (Å²) < 4.78 is 2.23. The molecule has 1 fully saturated rings. The summed E-state index contributed by atoms with van der Waals surface area (Å²) in [6.45, 7) is 1.73.